The second-order valence-corrected chi connectivity index (χ2v) is 9.11. The standard InChI is InChI=1S/C19H32N2O/c1-13-4-2-3-5-17(13)21-18(22)20-12-19-9-14-6-15(10-19)8-16(7-14)11-19/h13-17H,2-12H2,1H3,(H2,20,21,22). The van der Waals surface area contributed by atoms with Crippen LogP contribution in [0.3, 0.4) is 0 Å². The summed E-state index contributed by atoms with van der Waals surface area (Å²) in [4.78, 5) is 12.3. The van der Waals surface area contributed by atoms with E-state index in [1.807, 2.05) is 0 Å². The zero-order valence-corrected chi connectivity index (χ0v) is 14.1. The van der Waals surface area contributed by atoms with Crippen molar-refractivity contribution in [1.82, 2.24) is 10.6 Å². The van der Waals surface area contributed by atoms with Gasteiger partial charge < -0.3 is 10.6 Å². The van der Waals surface area contributed by atoms with E-state index in [-0.39, 0.29) is 6.03 Å². The first-order valence-electron chi connectivity index (χ1n) is 9.66. The summed E-state index contributed by atoms with van der Waals surface area (Å²) < 4.78 is 0. The molecule has 3 nitrogen and oxygen atoms in total. The Morgan fingerprint density at radius 3 is 2.18 bits per heavy atom. The number of nitrogens with one attached hydrogen (secondary N) is 2. The monoisotopic (exact) mass is 304 g/mol. The molecule has 0 heterocycles. The molecule has 0 aromatic heterocycles. The molecule has 0 aromatic carbocycles. The molecule has 5 rings (SSSR count). The Bertz CT molecular complexity index is 398. The van der Waals surface area contributed by atoms with Gasteiger partial charge in [0, 0.05) is 12.6 Å². The first kappa shape index (κ1) is 14.8. The van der Waals surface area contributed by atoms with E-state index >= 15 is 0 Å². The van der Waals surface area contributed by atoms with Crippen LogP contribution in [0.15, 0.2) is 0 Å². The van der Waals surface area contributed by atoms with Crippen molar-refractivity contribution in [2.24, 2.45) is 29.1 Å². The molecule has 0 aromatic rings. The van der Waals surface area contributed by atoms with Crippen molar-refractivity contribution in [2.75, 3.05) is 6.54 Å². The molecule has 5 aliphatic rings. The van der Waals surface area contributed by atoms with E-state index < -0.39 is 0 Å². The highest BCUT2D eigenvalue weighted by Gasteiger charge is 2.50. The van der Waals surface area contributed by atoms with Crippen molar-refractivity contribution < 1.29 is 4.79 Å². The van der Waals surface area contributed by atoms with Gasteiger partial charge in [0.15, 0.2) is 0 Å². The largest absolute Gasteiger partial charge is 0.338 e. The van der Waals surface area contributed by atoms with Gasteiger partial charge in [-0.3, -0.25) is 0 Å². The molecule has 5 aliphatic carbocycles. The third kappa shape index (κ3) is 2.88. The summed E-state index contributed by atoms with van der Waals surface area (Å²) in [6.45, 7) is 3.20. The summed E-state index contributed by atoms with van der Waals surface area (Å²) in [6.07, 6.45) is 13.6. The summed E-state index contributed by atoms with van der Waals surface area (Å²) in [5.41, 5.74) is 0.449. The lowest BCUT2D eigenvalue weighted by Crippen LogP contribution is -2.53. The molecule has 2 amide bonds. The van der Waals surface area contributed by atoms with E-state index in [4.69, 9.17) is 0 Å². The number of carbonyl (C=O) groups is 1. The summed E-state index contributed by atoms with van der Waals surface area (Å²) in [5, 5.41) is 6.51. The predicted molar refractivity (Wildman–Crippen MR) is 88.6 cm³/mol. The molecule has 22 heavy (non-hydrogen) atoms. The highest BCUT2D eigenvalue weighted by molar-refractivity contribution is 5.74. The quantitative estimate of drug-likeness (QED) is 0.810. The summed E-state index contributed by atoms with van der Waals surface area (Å²) in [5.74, 6) is 3.54. The van der Waals surface area contributed by atoms with Gasteiger partial charge in [-0.05, 0) is 80.5 Å². The second-order valence-electron chi connectivity index (χ2n) is 9.11. The number of hydrogen-bond donors (Lipinski definition) is 2. The van der Waals surface area contributed by atoms with Gasteiger partial charge in [0.25, 0.3) is 0 Å². The molecule has 124 valence electrons. The van der Waals surface area contributed by atoms with Crippen molar-refractivity contribution in [3.05, 3.63) is 0 Å². The van der Waals surface area contributed by atoms with E-state index in [2.05, 4.69) is 17.6 Å². The van der Waals surface area contributed by atoms with Gasteiger partial charge in [0.1, 0.15) is 0 Å². The van der Waals surface area contributed by atoms with E-state index in [9.17, 15) is 4.79 Å². The van der Waals surface area contributed by atoms with Crippen molar-refractivity contribution >= 4 is 6.03 Å². The van der Waals surface area contributed by atoms with Gasteiger partial charge in [-0.1, -0.05) is 19.8 Å². The first-order valence-corrected chi connectivity index (χ1v) is 9.66. The van der Waals surface area contributed by atoms with Crippen LogP contribution in [0.5, 0.6) is 0 Å². The first-order chi connectivity index (χ1) is 10.6. The van der Waals surface area contributed by atoms with Gasteiger partial charge in [-0.15, -0.1) is 0 Å². The molecule has 5 saturated carbocycles. The smallest absolute Gasteiger partial charge is 0.315 e. The number of hydrogen-bond acceptors (Lipinski definition) is 1. The summed E-state index contributed by atoms with van der Waals surface area (Å²) in [6, 6.07) is 0.486. The van der Waals surface area contributed by atoms with Crippen LogP contribution < -0.4 is 10.6 Å². The molecule has 2 unspecified atom stereocenters. The Balaban J connectivity index is 1.30. The topological polar surface area (TPSA) is 41.1 Å². The molecule has 4 bridgehead atoms. The van der Waals surface area contributed by atoms with E-state index in [1.165, 1.54) is 57.8 Å². The molecule has 2 atom stereocenters. The minimum atomic E-state index is 0.0921. The molecular weight excluding hydrogens is 272 g/mol. The zero-order valence-electron chi connectivity index (χ0n) is 14.1. The van der Waals surface area contributed by atoms with Crippen LogP contribution in [0, 0.1) is 29.1 Å². The number of amides is 2. The van der Waals surface area contributed by atoms with Gasteiger partial charge in [-0.2, -0.15) is 0 Å². The molecule has 3 heteroatoms. The second kappa shape index (κ2) is 5.72. The van der Waals surface area contributed by atoms with Gasteiger partial charge in [-0.25, -0.2) is 4.79 Å². The Kier molecular flexibility index (Phi) is 3.86. The van der Waals surface area contributed by atoms with Crippen LogP contribution in [0.25, 0.3) is 0 Å². The SMILES string of the molecule is CC1CCCCC1NC(=O)NCC12CC3CC(CC(C3)C1)C2. The van der Waals surface area contributed by atoms with Crippen LogP contribution in [0.1, 0.15) is 71.1 Å². The molecular formula is C19H32N2O. The van der Waals surface area contributed by atoms with E-state index in [0.29, 0.717) is 17.4 Å². The fourth-order valence-electron chi connectivity index (χ4n) is 6.52. The highest BCUT2D eigenvalue weighted by Crippen LogP contribution is 2.59. The van der Waals surface area contributed by atoms with Crippen LogP contribution in [-0.2, 0) is 0 Å². The van der Waals surface area contributed by atoms with Crippen molar-refractivity contribution in [1.29, 1.82) is 0 Å². The van der Waals surface area contributed by atoms with E-state index in [1.54, 1.807) is 0 Å². The van der Waals surface area contributed by atoms with Crippen LogP contribution in [0.4, 0.5) is 4.79 Å². The van der Waals surface area contributed by atoms with Gasteiger partial charge >= 0.3 is 6.03 Å². The maximum atomic E-state index is 12.3. The normalized spacial score (nSPS) is 46.5. The molecule has 0 spiro atoms. The lowest BCUT2D eigenvalue weighted by atomic mass is 9.49. The van der Waals surface area contributed by atoms with Crippen LogP contribution >= 0.6 is 0 Å². The summed E-state index contributed by atoms with van der Waals surface area (Å²) >= 11 is 0. The maximum absolute atomic E-state index is 12.3. The number of rotatable bonds is 3. The third-order valence-electron chi connectivity index (χ3n) is 7.22. The number of carbonyl (C=O) groups excluding carboxylic acids is 1. The van der Waals surface area contributed by atoms with Crippen molar-refractivity contribution in [3.8, 4) is 0 Å². The third-order valence-corrected chi connectivity index (χ3v) is 7.22. The molecule has 0 saturated heterocycles. The zero-order chi connectivity index (χ0) is 15.2. The highest BCUT2D eigenvalue weighted by atomic mass is 16.2. The lowest BCUT2D eigenvalue weighted by molar-refractivity contribution is -0.0498. The maximum Gasteiger partial charge on any atom is 0.315 e. The predicted octanol–water partition coefficient (Wildman–Crippen LogP) is 4.08. The van der Waals surface area contributed by atoms with Gasteiger partial charge in [0.05, 0.1) is 0 Å². The average molecular weight is 304 g/mol. The molecule has 2 N–H and O–H groups in total. The fraction of sp³-hybridized carbons (Fsp3) is 0.947. The number of urea groups is 1. The Hall–Kier alpha value is -0.730. The Labute approximate surface area is 135 Å². The summed E-state index contributed by atoms with van der Waals surface area (Å²) in [7, 11) is 0. The fourth-order valence-corrected chi connectivity index (χ4v) is 6.52. The van der Waals surface area contributed by atoms with Crippen molar-refractivity contribution in [2.45, 2.75) is 77.2 Å². The van der Waals surface area contributed by atoms with Crippen molar-refractivity contribution in [3.63, 3.8) is 0 Å². The molecule has 0 aliphatic heterocycles. The van der Waals surface area contributed by atoms with Crippen LogP contribution in [-0.4, -0.2) is 18.6 Å². The molecule has 5 fully saturated rings. The Morgan fingerprint density at radius 2 is 1.59 bits per heavy atom. The van der Waals surface area contributed by atoms with Crippen LogP contribution in [0.2, 0.25) is 0 Å². The van der Waals surface area contributed by atoms with Gasteiger partial charge in [0.2, 0.25) is 0 Å². The minimum Gasteiger partial charge on any atom is -0.338 e. The average Bonchev–Trinajstić information content (AvgIpc) is 2.46. The Morgan fingerprint density at radius 1 is 1.00 bits per heavy atom. The van der Waals surface area contributed by atoms with E-state index in [0.717, 1.165) is 30.7 Å². The molecule has 0 radical (unpaired) electrons. The minimum absolute atomic E-state index is 0.0921. The lowest BCUT2D eigenvalue weighted by Gasteiger charge is -2.56.